The highest BCUT2D eigenvalue weighted by atomic mass is 16.6. The van der Waals surface area contributed by atoms with Gasteiger partial charge in [-0.15, -0.1) is 0 Å². The molecule has 7 heteroatoms. The number of aromatic nitrogens is 3. The third-order valence-electron chi connectivity index (χ3n) is 4.89. The van der Waals surface area contributed by atoms with E-state index in [4.69, 9.17) is 9.72 Å². The first-order valence-corrected chi connectivity index (χ1v) is 9.87. The molecule has 0 radical (unpaired) electrons. The van der Waals surface area contributed by atoms with Crippen LogP contribution in [0, 0.1) is 24.2 Å². The van der Waals surface area contributed by atoms with Crippen LogP contribution < -0.4 is 5.32 Å². The Balaban J connectivity index is 2.05. The Hall–Kier alpha value is -2.62. The van der Waals surface area contributed by atoms with Crippen molar-refractivity contribution in [2.24, 2.45) is 5.92 Å². The summed E-state index contributed by atoms with van der Waals surface area (Å²) in [7, 11) is 0. The highest BCUT2D eigenvalue weighted by Crippen LogP contribution is 2.39. The molecule has 2 heterocycles. The number of ether oxygens (including phenoxy) is 1. The number of carbonyl (C=O) groups excluding carboxylic acids is 1. The summed E-state index contributed by atoms with van der Waals surface area (Å²) in [4.78, 5) is 21.8. The number of alkyl carbamates (subject to hydrolysis) is 1. The van der Waals surface area contributed by atoms with Crippen molar-refractivity contribution in [1.82, 2.24) is 19.9 Å². The lowest BCUT2D eigenvalue weighted by Gasteiger charge is -2.24. The number of nitrogens with zero attached hydrogens (tertiary/aromatic N) is 4. The minimum Gasteiger partial charge on any atom is -0.444 e. The lowest BCUT2D eigenvalue weighted by molar-refractivity contribution is 0.0495. The van der Waals surface area contributed by atoms with E-state index in [1.54, 1.807) is 6.20 Å². The summed E-state index contributed by atoms with van der Waals surface area (Å²) < 4.78 is 7.54. The quantitative estimate of drug-likeness (QED) is 0.817. The van der Waals surface area contributed by atoms with Gasteiger partial charge < -0.3 is 14.6 Å². The number of fused-ring (bicyclic) bond motifs is 1. The lowest BCUT2D eigenvalue weighted by Crippen LogP contribution is -2.36. The largest absolute Gasteiger partial charge is 0.444 e. The number of carbonyl (C=O) groups is 1. The van der Waals surface area contributed by atoms with Gasteiger partial charge in [0.15, 0.2) is 5.65 Å². The molecular weight excluding hydrogens is 354 g/mol. The molecule has 1 aliphatic carbocycles. The molecule has 0 unspecified atom stereocenters. The van der Waals surface area contributed by atoms with E-state index < -0.39 is 11.7 Å². The zero-order chi connectivity index (χ0) is 20.6. The zero-order valence-electron chi connectivity index (χ0n) is 17.5. The first kappa shape index (κ1) is 20.1. The number of amides is 1. The monoisotopic (exact) mass is 383 g/mol. The van der Waals surface area contributed by atoms with Crippen LogP contribution in [0.4, 0.5) is 4.79 Å². The molecule has 0 aliphatic heterocycles. The molecule has 0 spiro atoms. The van der Waals surface area contributed by atoms with Crippen molar-refractivity contribution >= 4 is 17.3 Å². The molecule has 150 valence electrons. The fourth-order valence-electron chi connectivity index (χ4n) is 3.40. The first-order valence-electron chi connectivity index (χ1n) is 9.87. The van der Waals surface area contributed by atoms with Gasteiger partial charge in [-0.05, 0) is 59.4 Å². The Morgan fingerprint density at radius 3 is 2.64 bits per heavy atom. The molecule has 1 fully saturated rings. The Kier molecular flexibility index (Phi) is 5.33. The van der Waals surface area contributed by atoms with Crippen LogP contribution in [0.5, 0.6) is 0 Å². The smallest absolute Gasteiger partial charge is 0.408 e. The van der Waals surface area contributed by atoms with Crippen LogP contribution in [-0.2, 0) is 4.74 Å². The predicted molar refractivity (Wildman–Crippen MR) is 107 cm³/mol. The second kappa shape index (κ2) is 7.42. The Labute approximate surface area is 166 Å². The fourth-order valence-corrected chi connectivity index (χ4v) is 3.40. The minimum absolute atomic E-state index is 0.113. The van der Waals surface area contributed by atoms with Gasteiger partial charge in [-0.2, -0.15) is 5.26 Å². The number of imidazole rings is 1. The normalized spacial score (nSPS) is 15.5. The summed E-state index contributed by atoms with van der Waals surface area (Å²) in [5.41, 5.74) is 2.23. The van der Waals surface area contributed by atoms with E-state index in [2.05, 4.69) is 34.8 Å². The molecule has 1 saturated carbocycles. The number of aryl methyl sites for hydroxylation is 1. The highest BCUT2D eigenvalue weighted by molar-refractivity contribution is 5.78. The molecule has 2 aromatic heterocycles. The van der Waals surface area contributed by atoms with Crippen LogP contribution in [0.1, 0.15) is 82.9 Å². The van der Waals surface area contributed by atoms with Gasteiger partial charge in [-0.3, -0.25) is 0 Å². The topological polar surface area (TPSA) is 92.8 Å². The van der Waals surface area contributed by atoms with Crippen LogP contribution in [0.15, 0.2) is 6.20 Å². The second-order valence-electron chi connectivity index (χ2n) is 8.89. The van der Waals surface area contributed by atoms with Gasteiger partial charge in [0.2, 0.25) is 0 Å². The number of nitriles is 1. The molecule has 1 N–H and O–H groups in total. The number of rotatable bonds is 5. The zero-order valence-corrected chi connectivity index (χ0v) is 17.5. The van der Waals surface area contributed by atoms with Crippen LogP contribution in [-0.4, -0.2) is 26.2 Å². The molecule has 1 amide bonds. The van der Waals surface area contributed by atoms with Crippen molar-refractivity contribution < 1.29 is 9.53 Å². The average Bonchev–Trinajstić information content (AvgIpc) is 3.29. The number of pyridine rings is 1. The summed E-state index contributed by atoms with van der Waals surface area (Å²) in [6.45, 7) is 11.6. The molecule has 0 aromatic carbocycles. The van der Waals surface area contributed by atoms with Crippen LogP contribution in [0.2, 0.25) is 0 Å². The van der Waals surface area contributed by atoms with Crippen molar-refractivity contribution in [2.45, 2.75) is 78.5 Å². The maximum Gasteiger partial charge on any atom is 0.408 e. The van der Waals surface area contributed by atoms with Gasteiger partial charge in [0.25, 0.3) is 0 Å². The molecule has 7 nitrogen and oxygen atoms in total. The number of nitrogens with one attached hydrogen (secondary N) is 1. The van der Waals surface area contributed by atoms with Crippen LogP contribution in [0.25, 0.3) is 11.2 Å². The van der Waals surface area contributed by atoms with E-state index in [9.17, 15) is 10.1 Å². The van der Waals surface area contributed by atoms with Gasteiger partial charge in [-0.25, -0.2) is 14.8 Å². The van der Waals surface area contributed by atoms with Gasteiger partial charge in [0.1, 0.15) is 23.0 Å². The second-order valence-corrected chi connectivity index (χ2v) is 8.89. The molecule has 28 heavy (non-hydrogen) atoms. The summed E-state index contributed by atoms with van der Waals surface area (Å²) >= 11 is 0. The SMILES string of the molecule is Cc1c(C#N)cnc2c1nc([C@H](CC1CC1)NC(=O)OC(C)(C)C)n2C(C)C. The van der Waals surface area contributed by atoms with Crippen molar-refractivity contribution in [3.63, 3.8) is 0 Å². The van der Waals surface area contributed by atoms with E-state index in [1.807, 2.05) is 27.7 Å². The molecule has 0 saturated heterocycles. The third kappa shape index (κ3) is 4.27. The fraction of sp³-hybridized carbons (Fsp3) is 0.619. The highest BCUT2D eigenvalue weighted by Gasteiger charge is 2.32. The van der Waals surface area contributed by atoms with Crippen LogP contribution in [0.3, 0.4) is 0 Å². The van der Waals surface area contributed by atoms with Crippen molar-refractivity contribution in [3.8, 4) is 6.07 Å². The van der Waals surface area contributed by atoms with E-state index in [1.165, 1.54) is 12.8 Å². The predicted octanol–water partition coefficient (Wildman–Crippen LogP) is 4.56. The molecule has 1 aliphatic rings. The van der Waals surface area contributed by atoms with E-state index >= 15 is 0 Å². The van der Waals surface area contributed by atoms with E-state index in [-0.39, 0.29) is 12.1 Å². The minimum atomic E-state index is -0.563. The van der Waals surface area contributed by atoms with Crippen molar-refractivity contribution in [2.75, 3.05) is 0 Å². The standard InChI is InChI=1S/C21H29N5O2/c1-12(2)26-18(25-17-13(3)15(10-22)11-23-19(17)26)16(9-14-7-8-14)24-20(27)28-21(4,5)6/h11-12,14,16H,7-9H2,1-6H3,(H,24,27)/t16-/m0/s1. The van der Waals surface area contributed by atoms with Crippen molar-refractivity contribution in [3.05, 3.63) is 23.1 Å². The number of hydrogen-bond acceptors (Lipinski definition) is 5. The Bertz CT molecular complexity index is 929. The maximum absolute atomic E-state index is 12.5. The average molecular weight is 383 g/mol. The molecular formula is C21H29N5O2. The number of hydrogen-bond donors (Lipinski definition) is 1. The van der Waals surface area contributed by atoms with E-state index in [0.717, 1.165) is 29.0 Å². The van der Waals surface area contributed by atoms with Gasteiger partial charge in [0.05, 0.1) is 11.6 Å². The molecule has 0 bridgehead atoms. The Morgan fingerprint density at radius 1 is 1.43 bits per heavy atom. The molecule has 3 rings (SSSR count). The molecule has 1 atom stereocenters. The van der Waals surface area contributed by atoms with Gasteiger partial charge >= 0.3 is 6.09 Å². The summed E-state index contributed by atoms with van der Waals surface area (Å²) in [6.07, 6.45) is 4.32. The molecule has 2 aromatic rings. The Morgan fingerprint density at radius 2 is 2.11 bits per heavy atom. The van der Waals surface area contributed by atoms with Crippen molar-refractivity contribution in [1.29, 1.82) is 5.26 Å². The van der Waals surface area contributed by atoms with Crippen LogP contribution >= 0.6 is 0 Å². The van der Waals surface area contributed by atoms with Gasteiger partial charge in [0, 0.05) is 12.2 Å². The third-order valence-corrected chi connectivity index (χ3v) is 4.89. The maximum atomic E-state index is 12.5. The summed E-state index contributed by atoms with van der Waals surface area (Å²) in [5.74, 6) is 1.36. The van der Waals surface area contributed by atoms with E-state index in [0.29, 0.717) is 11.5 Å². The lowest BCUT2D eigenvalue weighted by atomic mass is 10.1. The summed E-state index contributed by atoms with van der Waals surface area (Å²) in [5, 5.41) is 12.4. The summed E-state index contributed by atoms with van der Waals surface area (Å²) in [6, 6.07) is 2.03. The van der Waals surface area contributed by atoms with Gasteiger partial charge in [-0.1, -0.05) is 12.8 Å². The first-order chi connectivity index (χ1) is 13.1.